The van der Waals surface area contributed by atoms with E-state index in [1.165, 1.54) is 11.1 Å². The minimum Gasteiger partial charge on any atom is -0.467 e. The highest BCUT2D eigenvalue weighted by atomic mass is 127. The van der Waals surface area contributed by atoms with Crippen LogP contribution in [0.1, 0.15) is 30.7 Å². The molecule has 0 amide bonds. The van der Waals surface area contributed by atoms with Crippen molar-refractivity contribution in [3.05, 3.63) is 53.5 Å². The van der Waals surface area contributed by atoms with Gasteiger partial charge in [-0.15, -0.1) is 24.0 Å². The van der Waals surface area contributed by atoms with E-state index in [1.807, 2.05) is 12.1 Å². The van der Waals surface area contributed by atoms with Gasteiger partial charge in [0, 0.05) is 5.69 Å². The maximum Gasteiger partial charge on any atom is 0.193 e. The normalized spacial score (nSPS) is 11.0. The highest BCUT2D eigenvalue weighted by Gasteiger charge is 2.07. The van der Waals surface area contributed by atoms with Crippen molar-refractivity contribution in [2.24, 2.45) is 10.7 Å². The van der Waals surface area contributed by atoms with Gasteiger partial charge in [-0.25, -0.2) is 4.99 Å². The van der Waals surface area contributed by atoms with Gasteiger partial charge in [0.2, 0.25) is 0 Å². The summed E-state index contributed by atoms with van der Waals surface area (Å²) in [5, 5.41) is 3.23. The van der Waals surface area contributed by atoms with Gasteiger partial charge in [0.05, 0.1) is 6.26 Å². The monoisotopic (exact) mass is 399 g/mol. The van der Waals surface area contributed by atoms with Gasteiger partial charge in [-0.05, 0) is 36.1 Å². The molecule has 0 unspecified atom stereocenters. The first-order valence-electron chi connectivity index (χ1n) is 6.94. The van der Waals surface area contributed by atoms with Crippen LogP contribution in [-0.4, -0.2) is 5.96 Å². The van der Waals surface area contributed by atoms with Crippen LogP contribution in [0.15, 0.2) is 46.0 Å². The van der Waals surface area contributed by atoms with Crippen LogP contribution < -0.4 is 11.1 Å². The number of nitrogens with one attached hydrogen (secondary N) is 1. The Balaban J connectivity index is 0.00000220. The van der Waals surface area contributed by atoms with E-state index in [1.54, 1.807) is 6.26 Å². The fourth-order valence-corrected chi connectivity index (χ4v) is 2.14. The number of hydrogen-bond donors (Lipinski definition) is 2. The zero-order valence-electron chi connectivity index (χ0n) is 12.4. The largest absolute Gasteiger partial charge is 0.467 e. The molecule has 2 aromatic rings. The molecule has 0 radical (unpaired) electrons. The smallest absolute Gasteiger partial charge is 0.193 e. The number of guanidine groups is 1. The van der Waals surface area contributed by atoms with Gasteiger partial charge in [-0.1, -0.05) is 32.0 Å². The third kappa shape index (κ3) is 4.77. The number of benzene rings is 1. The predicted molar refractivity (Wildman–Crippen MR) is 98.3 cm³/mol. The molecule has 2 rings (SSSR count). The second kappa shape index (κ2) is 8.71. The van der Waals surface area contributed by atoms with Crippen LogP contribution >= 0.6 is 24.0 Å². The lowest BCUT2D eigenvalue weighted by Crippen LogP contribution is -2.24. The molecule has 1 aromatic heterocycles. The molecule has 0 aliphatic heterocycles. The third-order valence-corrected chi connectivity index (χ3v) is 3.24. The SMILES string of the molecule is CCc1cccc(CC)c1NC(N)=NCc1ccco1.I. The minimum absolute atomic E-state index is 0. The van der Waals surface area contributed by atoms with Crippen molar-refractivity contribution in [2.75, 3.05) is 5.32 Å². The Labute approximate surface area is 142 Å². The van der Waals surface area contributed by atoms with E-state index in [4.69, 9.17) is 10.2 Å². The second-order valence-electron chi connectivity index (χ2n) is 4.56. The van der Waals surface area contributed by atoms with Crippen molar-refractivity contribution in [1.82, 2.24) is 0 Å². The van der Waals surface area contributed by atoms with E-state index < -0.39 is 0 Å². The molecule has 0 fully saturated rings. The van der Waals surface area contributed by atoms with E-state index in [-0.39, 0.29) is 24.0 Å². The maximum absolute atomic E-state index is 5.97. The molecule has 0 saturated carbocycles. The standard InChI is InChI=1S/C16H21N3O.HI/c1-3-12-7-5-8-13(4-2)15(12)19-16(17)18-11-14-9-6-10-20-14;/h5-10H,3-4,11H2,1-2H3,(H3,17,18,19);1H. The second-order valence-corrected chi connectivity index (χ2v) is 4.56. The summed E-state index contributed by atoms with van der Waals surface area (Å²) in [6.45, 7) is 4.72. The molecule has 0 bridgehead atoms. The van der Waals surface area contributed by atoms with Gasteiger partial charge in [0.25, 0.3) is 0 Å². The van der Waals surface area contributed by atoms with Crippen LogP contribution in [0, 0.1) is 0 Å². The number of anilines is 1. The number of aliphatic imine (C=N–C) groups is 1. The molecule has 0 spiro atoms. The lowest BCUT2D eigenvalue weighted by Gasteiger charge is -2.14. The summed E-state index contributed by atoms with van der Waals surface area (Å²) < 4.78 is 5.23. The summed E-state index contributed by atoms with van der Waals surface area (Å²) in [6, 6.07) is 10.0. The molecule has 0 saturated heterocycles. The van der Waals surface area contributed by atoms with Gasteiger partial charge in [0.15, 0.2) is 5.96 Å². The van der Waals surface area contributed by atoms with Crippen molar-refractivity contribution in [3.63, 3.8) is 0 Å². The Hall–Kier alpha value is -1.50. The quantitative estimate of drug-likeness (QED) is 0.455. The maximum atomic E-state index is 5.97. The third-order valence-electron chi connectivity index (χ3n) is 3.24. The molecule has 5 heteroatoms. The number of halogens is 1. The highest BCUT2D eigenvalue weighted by Crippen LogP contribution is 2.22. The summed E-state index contributed by atoms with van der Waals surface area (Å²) in [6.07, 6.45) is 3.55. The van der Waals surface area contributed by atoms with Crippen LogP contribution in [0.25, 0.3) is 0 Å². The average molecular weight is 399 g/mol. The van der Waals surface area contributed by atoms with Crippen molar-refractivity contribution >= 4 is 35.6 Å². The Morgan fingerprint density at radius 1 is 1.14 bits per heavy atom. The predicted octanol–water partition coefficient (Wildman–Crippen LogP) is 3.95. The minimum atomic E-state index is 0. The fraction of sp³-hybridized carbons (Fsp3) is 0.312. The van der Waals surface area contributed by atoms with E-state index in [9.17, 15) is 0 Å². The van der Waals surface area contributed by atoms with Gasteiger partial charge in [0.1, 0.15) is 12.3 Å². The number of furan rings is 1. The van der Waals surface area contributed by atoms with Crippen LogP contribution in [0.2, 0.25) is 0 Å². The Kier molecular flexibility index (Phi) is 7.28. The topological polar surface area (TPSA) is 63.5 Å². The van der Waals surface area contributed by atoms with Crippen LogP contribution in [0.4, 0.5) is 5.69 Å². The van der Waals surface area contributed by atoms with Crippen molar-refractivity contribution < 1.29 is 4.42 Å². The van der Waals surface area contributed by atoms with E-state index >= 15 is 0 Å². The number of nitrogens with two attached hydrogens (primary N) is 1. The lowest BCUT2D eigenvalue weighted by atomic mass is 10.0. The number of para-hydroxylation sites is 1. The van der Waals surface area contributed by atoms with Crippen LogP contribution in [-0.2, 0) is 19.4 Å². The van der Waals surface area contributed by atoms with Gasteiger partial charge < -0.3 is 15.5 Å². The summed E-state index contributed by atoms with van der Waals surface area (Å²) in [4.78, 5) is 4.30. The molecule has 0 aliphatic rings. The highest BCUT2D eigenvalue weighted by molar-refractivity contribution is 14.0. The van der Waals surface area contributed by atoms with Crippen molar-refractivity contribution in [2.45, 2.75) is 33.2 Å². The molecular formula is C16H22IN3O. The van der Waals surface area contributed by atoms with E-state index in [0.717, 1.165) is 24.3 Å². The fourth-order valence-electron chi connectivity index (χ4n) is 2.14. The van der Waals surface area contributed by atoms with E-state index in [2.05, 4.69) is 42.4 Å². The molecule has 0 aliphatic carbocycles. The van der Waals surface area contributed by atoms with E-state index in [0.29, 0.717) is 12.5 Å². The Bertz CT molecular complexity index is 557. The average Bonchev–Trinajstić information content (AvgIpc) is 2.98. The molecule has 4 nitrogen and oxygen atoms in total. The molecule has 21 heavy (non-hydrogen) atoms. The summed E-state index contributed by atoms with van der Waals surface area (Å²) in [5.74, 6) is 1.21. The van der Waals surface area contributed by atoms with Crippen LogP contribution in [0.3, 0.4) is 0 Å². The molecule has 1 aromatic carbocycles. The van der Waals surface area contributed by atoms with Gasteiger partial charge >= 0.3 is 0 Å². The number of hydrogen-bond acceptors (Lipinski definition) is 2. The Morgan fingerprint density at radius 2 is 1.81 bits per heavy atom. The molecule has 114 valence electrons. The van der Waals surface area contributed by atoms with Crippen LogP contribution in [0.5, 0.6) is 0 Å². The molecule has 1 heterocycles. The van der Waals surface area contributed by atoms with Crippen molar-refractivity contribution in [3.8, 4) is 0 Å². The van der Waals surface area contributed by atoms with Gasteiger partial charge in [-0.2, -0.15) is 0 Å². The van der Waals surface area contributed by atoms with Crippen molar-refractivity contribution in [1.29, 1.82) is 0 Å². The summed E-state index contributed by atoms with van der Waals surface area (Å²) in [7, 11) is 0. The van der Waals surface area contributed by atoms with Gasteiger partial charge in [-0.3, -0.25) is 0 Å². The first-order chi connectivity index (χ1) is 9.74. The number of rotatable bonds is 5. The first kappa shape index (κ1) is 17.6. The number of aryl methyl sites for hydroxylation is 2. The summed E-state index contributed by atoms with van der Waals surface area (Å²) in [5.41, 5.74) is 9.55. The molecular weight excluding hydrogens is 377 g/mol. The number of nitrogens with zero attached hydrogens (tertiary/aromatic N) is 1. The molecule has 0 atom stereocenters. The lowest BCUT2D eigenvalue weighted by molar-refractivity contribution is 0.513. The molecule has 3 N–H and O–H groups in total. The zero-order chi connectivity index (χ0) is 14.4. The Morgan fingerprint density at radius 3 is 2.33 bits per heavy atom. The zero-order valence-corrected chi connectivity index (χ0v) is 14.8. The summed E-state index contributed by atoms with van der Waals surface area (Å²) >= 11 is 0. The first-order valence-corrected chi connectivity index (χ1v) is 6.94.